The molecule has 6 heteroatoms. The number of halogens is 2. The fraction of sp³-hybridized carbons (Fsp3) is 0.316. The van der Waals surface area contributed by atoms with Gasteiger partial charge in [0.15, 0.2) is 0 Å². The van der Waals surface area contributed by atoms with Gasteiger partial charge in [-0.15, -0.1) is 0 Å². The molecule has 2 aromatic carbocycles. The predicted molar refractivity (Wildman–Crippen MR) is 102 cm³/mol. The number of nitrogens with zero attached hydrogens (tertiary/aromatic N) is 2. The third-order valence-electron chi connectivity index (χ3n) is 4.51. The van der Waals surface area contributed by atoms with E-state index in [0.717, 1.165) is 18.7 Å². The van der Waals surface area contributed by atoms with Crippen LogP contribution in [-0.4, -0.2) is 48.2 Å². The van der Waals surface area contributed by atoms with Crippen molar-refractivity contribution in [2.24, 2.45) is 0 Å². The zero-order chi connectivity index (χ0) is 17.8. The van der Waals surface area contributed by atoms with Crippen LogP contribution in [0.5, 0.6) is 0 Å². The number of aliphatic carboxylic acids is 1. The molecule has 1 atom stereocenters. The lowest BCUT2D eigenvalue weighted by molar-refractivity contribution is -0.143. The van der Waals surface area contributed by atoms with Crippen molar-refractivity contribution in [3.05, 3.63) is 64.1 Å². The van der Waals surface area contributed by atoms with Gasteiger partial charge in [-0.3, -0.25) is 9.69 Å². The van der Waals surface area contributed by atoms with E-state index in [4.69, 9.17) is 23.2 Å². The fourth-order valence-corrected chi connectivity index (χ4v) is 3.83. The van der Waals surface area contributed by atoms with Gasteiger partial charge in [-0.1, -0.05) is 41.4 Å². The van der Waals surface area contributed by atoms with Gasteiger partial charge in [0, 0.05) is 41.9 Å². The molecule has 0 bridgehead atoms. The largest absolute Gasteiger partial charge is 0.480 e. The summed E-state index contributed by atoms with van der Waals surface area (Å²) in [5.74, 6) is -0.816. The molecule has 1 N–H and O–H groups in total. The highest BCUT2D eigenvalue weighted by Crippen LogP contribution is 2.22. The molecule has 1 fully saturated rings. The van der Waals surface area contributed by atoms with Gasteiger partial charge in [0.1, 0.15) is 6.04 Å². The van der Waals surface area contributed by atoms with Crippen LogP contribution in [0.15, 0.2) is 48.5 Å². The van der Waals surface area contributed by atoms with Crippen molar-refractivity contribution >= 4 is 34.9 Å². The van der Waals surface area contributed by atoms with Gasteiger partial charge in [-0.05, 0) is 42.3 Å². The second kappa shape index (κ2) is 8.09. The Bertz CT molecular complexity index is 711. The van der Waals surface area contributed by atoms with E-state index in [-0.39, 0.29) is 0 Å². The molecule has 0 amide bonds. The summed E-state index contributed by atoms with van der Waals surface area (Å²) in [5.41, 5.74) is 2.02. The zero-order valence-corrected chi connectivity index (χ0v) is 15.2. The Labute approximate surface area is 157 Å². The maximum atomic E-state index is 11.8. The van der Waals surface area contributed by atoms with E-state index in [2.05, 4.69) is 17.0 Å². The van der Waals surface area contributed by atoms with Crippen LogP contribution >= 0.6 is 23.2 Å². The summed E-state index contributed by atoms with van der Waals surface area (Å²) in [6, 6.07) is 14.8. The number of hydrogen-bond donors (Lipinski definition) is 1. The van der Waals surface area contributed by atoms with Crippen molar-refractivity contribution in [3.8, 4) is 0 Å². The van der Waals surface area contributed by atoms with Gasteiger partial charge in [0.2, 0.25) is 0 Å². The molecule has 25 heavy (non-hydrogen) atoms. The van der Waals surface area contributed by atoms with Crippen LogP contribution in [0, 0.1) is 0 Å². The van der Waals surface area contributed by atoms with E-state index in [1.807, 2.05) is 23.1 Å². The lowest BCUT2D eigenvalue weighted by atomic mass is 10.0. The minimum atomic E-state index is -0.816. The monoisotopic (exact) mass is 378 g/mol. The average Bonchev–Trinajstić information content (AvgIpc) is 2.60. The molecule has 132 valence electrons. The van der Waals surface area contributed by atoms with Gasteiger partial charge < -0.3 is 10.0 Å². The topological polar surface area (TPSA) is 43.8 Å². The Hall–Kier alpha value is -1.75. The molecular formula is C19H20Cl2N2O2. The number of hydrogen-bond acceptors (Lipinski definition) is 3. The Morgan fingerprint density at radius 1 is 1.00 bits per heavy atom. The minimum Gasteiger partial charge on any atom is -0.480 e. The van der Waals surface area contributed by atoms with Crippen molar-refractivity contribution < 1.29 is 9.90 Å². The summed E-state index contributed by atoms with van der Waals surface area (Å²) < 4.78 is 0. The molecule has 1 aliphatic rings. The average molecular weight is 379 g/mol. The molecule has 0 unspecified atom stereocenters. The smallest absolute Gasteiger partial charge is 0.321 e. The molecule has 1 aliphatic heterocycles. The van der Waals surface area contributed by atoms with E-state index in [9.17, 15) is 9.90 Å². The predicted octanol–water partition coefficient (Wildman–Crippen LogP) is 3.81. The number of anilines is 1. The highest BCUT2D eigenvalue weighted by atomic mass is 35.5. The van der Waals surface area contributed by atoms with Crippen molar-refractivity contribution in [3.63, 3.8) is 0 Å². The minimum absolute atomic E-state index is 0.390. The summed E-state index contributed by atoms with van der Waals surface area (Å²) in [7, 11) is 0. The van der Waals surface area contributed by atoms with E-state index < -0.39 is 12.0 Å². The van der Waals surface area contributed by atoms with Crippen molar-refractivity contribution in [1.82, 2.24) is 4.90 Å². The first-order valence-corrected chi connectivity index (χ1v) is 9.00. The first-order chi connectivity index (χ1) is 12.0. The van der Waals surface area contributed by atoms with E-state index in [1.54, 1.807) is 18.2 Å². The molecule has 0 saturated carbocycles. The maximum Gasteiger partial charge on any atom is 0.321 e. The summed E-state index contributed by atoms with van der Waals surface area (Å²) in [6.07, 6.45) is 0.390. The first kappa shape index (κ1) is 18.1. The number of rotatable bonds is 5. The quantitative estimate of drug-likeness (QED) is 0.858. The SMILES string of the molecule is O=C(O)[C@H](Cc1cc(Cl)cc(Cl)c1)N1CCN(c2ccccc2)CC1. The van der Waals surface area contributed by atoms with Crippen molar-refractivity contribution in [2.45, 2.75) is 12.5 Å². The van der Waals surface area contributed by atoms with Crippen LogP contribution in [0.3, 0.4) is 0 Å². The van der Waals surface area contributed by atoms with Gasteiger partial charge in [0.25, 0.3) is 0 Å². The molecule has 2 aromatic rings. The molecule has 4 nitrogen and oxygen atoms in total. The Morgan fingerprint density at radius 3 is 2.16 bits per heavy atom. The van der Waals surface area contributed by atoms with Crippen LogP contribution in [0.4, 0.5) is 5.69 Å². The van der Waals surface area contributed by atoms with Crippen molar-refractivity contribution in [2.75, 3.05) is 31.1 Å². The Balaban J connectivity index is 1.67. The van der Waals surface area contributed by atoms with Gasteiger partial charge >= 0.3 is 5.97 Å². The zero-order valence-electron chi connectivity index (χ0n) is 13.7. The molecular weight excluding hydrogens is 359 g/mol. The number of carboxylic acids is 1. The summed E-state index contributed by atoms with van der Waals surface area (Å²) in [6.45, 7) is 3.04. The number of carboxylic acid groups (broad SMARTS) is 1. The third kappa shape index (κ3) is 4.66. The molecule has 0 spiro atoms. The number of benzene rings is 2. The number of carbonyl (C=O) groups is 1. The number of para-hydroxylation sites is 1. The van der Waals surface area contributed by atoms with Crippen LogP contribution in [0.1, 0.15) is 5.56 Å². The standard InChI is InChI=1S/C19H20Cl2N2O2/c20-15-10-14(11-16(21)13-15)12-18(19(24)25)23-8-6-22(7-9-23)17-4-2-1-3-5-17/h1-5,10-11,13,18H,6-9,12H2,(H,24,25)/t18-/m0/s1. The lowest BCUT2D eigenvalue weighted by Crippen LogP contribution is -2.53. The summed E-state index contributed by atoms with van der Waals surface area (Å²) in [4.78, 5) is 16.1. The summed E-state index contributed by atoms with van der Waals surface area (Å²) in [5, 5.41) is 10.7. The Morgan fingerprint density at radius 2 is 1.60 bits per heavy atom. The highest BCUT2D eigenvalue weighted by Gasteiger charge is 2.29. The Kier molecular flexibility index (Phi) is 5.84. The molecule has 0 radical (unpaired) electrons. The second-order valence-electron chi connectivity index (χ2n) is 6.19. The van der Waals surface area contributed by atoms with Crippen LogP contribution in [0.25, 0.3) is 0 Å². The highest BCUT2D eigenvalue weighted by molar-refractivity contribution is 6.34. The van der Waals surface area contributed by atoms with Gasteiger partial charge in [-0.25, -0.2) is 0 Å². The molecule has 1 saturated heterocycles. The fourth-order valence-electron chi connectivity index (χ4n) is 3.26. The molecule has 0 aromatic heterocycles. The van der Waals surface area contributed by atoms with E-state index >= 15 is 0 Å². The number of piperazine rings is 1. The first-order valence-electron chi connectivity index (χ1n) is 8.25. The van der Waals surface area contributed by atoms with Crippen LogP contribution in [0.2, 0.25) is 10.0 Å². The maximum absolute atomic E-state index is 11.8. The lowest BCUT2D eigenvalue weighted by Gasteiger charge is -2.38. The normalized spacial score (nSPS) is 16.6. The van der Waals surface area contributed by atoms with Crippen LogP contribution < -0.4 is 4.90 Å². The summed E-state index contributed by atoms with van der Waals surface area (Å²) >= 11 is 12.1. The second-order valence-corrected chi connectivity index (χ2v) is 7.07. The van der Waals surface area contributed by atoms with Gasteiger partial charge in [0.05, 0.1) is 0 Å². The van der Waals surface area contributed by atoms with Crippen molar-refractivity contribution in [1.29, 1.82) is 0 Å². The molecule has 3 rings (SSSR count). The third-order valence-corrected chi connectivity index (χ3v) is 4.95. The van der Waals surface area contributed by atoms with E-state index in [1.165, 1.54) is 5.69 Å². The van der Waals surface area contributed by atoms with Gasteiger partial charge in [-0.2, -0.15) is 0 Å². The molecule has 0 aliphatic carbocycles. The molecule has 1 heterocycles. The van der Waals surface area contributed by atoms with Crippen LogP contribution in [-0.2, 0) is 11.2 Å². The van der Waals surface area contributed by atoms with E-state index in [0.29, 0.717) is 29.6 Å².